The van der Waals surface area contributed by atoms with Crippen molar-refractivity contribution in [3.8, 4) is 0 Å². The van der Waals surface area contributed by atoms with E-state index in [4.69, 9.17) is 4.74 Å². The largest absolute Gasteiger partial charge is 0.444 e. The van der Waals surface area contributed by atoms with Gasteiger partial charge in [0, 0.05) is 32.1 Å². The minimum absolute atomic E-state index is 0.132. The van der Waals surface area contributed by atoms with Crippen LogP contribution in [-0.2, 0) is 9.53 Å². The van der Waals surface area contributed by atoms with Gasteiger partial charge < -0.3 is 14.5 Å². The highest BCUT2D eigenvalue weighted by Gasteiger charge is 2.29. The molecular weight excluding hydrogens is 280 g/mol. The second kappa shape index (κ2) is 8.39. The number of carbonyl (C=O) groups excluding carboxylic acids is 2. The normalized spacial score (nSPS) is 17.3. The highest BCUT2D eigenvalue weighted by molar-refractivity contribution is 5.79. The van der Waals surface area contributed by atoms with E-state index in [1.165, 1.54) is 0 Å². The van der Waals surface area contributed by atoms with E-state index in [1.807, 2.05) is 25.7 Å². The van der Waals surface area contributed by atoms with Crippen molar-refractivity contribution in [2.24, 2.45) is 5.92 Å². The Bertz CT molecular complexity index is 369. The molecule has 1 unspecified atom stereocenters. The molecule has 1 rings (SSSR count). The van der Waals surface area contributed by atoms with Crippen LogP contribution < -0.4 is 0 Å². The number of rotatable bonds is 5. The van der Waals surface area contributed by atoms with E-state index < -0.39 is 5.60 Å². The van der Waals surface area contributed by atoms with Crippen LogP contribution >= 0.6 is 0 Å². The minimum atomic E-state index is -0.475. The molecule has 1 fully saturated rings. The van der Waals surface area contributed by atoms with Crippen LogP contribution in [0.5, 0.6) is 0 Å². The number of hydrogen-bond donors (Lipinski definition) is 0. The molecule has 0 aromatic rings. The van der Waals surface area contributed by atoms with Gasteiger partial charge in [-0.3, -0.25) is 4.79 Å². The molecule has 1 aliphatic heterocycles. The molecule has 1 atom stereocenters. The van der Waals surface area contributed by atoms with Gasteiger partial charge in [-0.2, -0.15) is 0 Å². The van der Waals surface area contributed by atoms with Gasteiger partial charge in [0.25, 0.3) is 0 Å². The van der Waals surface area contributed by atoms with Gasteiger partial charge in [0.15, 0.2) is 0 Å². The molecule has 0 radical (unpaired) electrons. The fourth-order valence-electron chi connectivity index (χ4n) is 2.65. The predicted molar refractivity (Wildman–Crippen MR) is 87.7 cm³/mol. The molecule has 0 spiro atoms. The first-order chi connectivity index (χ1) is 10.3. The van der Waals surface area contributed by atoms with E-state index in [-0.39, 0.29) is 17.9 Å². The third kappa shape index (κ3) is 5.85. The Morgan fingerprint density at radius 1 is 1.05 bits per heavy atom. The highest BCUT2D eigenvalue weighted by Crippen LogP contribution is 2.18. The summed E-state index contributed by atoms with van der Waals surface area (Å²) >= 11 is 0. The van der Waals surface area contributed by atoms with E-state index in [9.17, 15) is 9.59 Å². The maximum Gasteiger partial charge on any atom is 0.410 e. The summed E-state index contributed by atoms with van der Waals surface area (Å²) in [6, 6.07) is 0. The highest BCUT2D eigenvalue weighted by atomic mass is 16.6. The maximum atomic E-state index is 12.5. The predicted octanol–water partition coefficient (Wildman–Crippen LogP) is 3.28. The zero-order valence-corrected chi connectivity index (χ0v) is 14.9. The summed E-state index contributed by atoms with van der Waals surface area (Å²) in [6.45, 7) is 12.2. The lowest BCUT2D eigenvalue weighted by Crippen LogP contribution is -2.52. The average molecular weight is 312 g/mol. The van der Waals surface area contributed by atoms with E-state index in [1.54, 1.807) is 4.90 Å². The van der Waals surface area contributed by atoms with Crippen LogP contribution in [0.25, 0.3) is 0 Å². The lowest BCUT2D eigenvalue weighted by molar-refractivity contribution is -0.137. The van der Waals surface area contributed by atoms with Crippen LogP contribution in [0.3, 0.4) is 0 Å². The smallest absolute Gasteiger partial charge is 0.410 e. The molecule has 1 aliphatic rings. The van der Waals surface area contributed by atoms with Crippen molar-refractivity contribution in [2.75, 3.05) is 26.2 Å². The molecule has 0 aliphatic carbocycles. The Hall–Kier alpha value is -1.26. The van der Waals surface area contributed by atoms with Gasteiger partial charge in [-0.25, -0.2) is 4.79 Å². The van der Waals surface area contributed by atoms with Gasteiger partial charge in [-0.05, 0) is 33.6 Å². The monoisotopic (exact) mass is 312 g/mol. The second-order valence-electron chi connectivity index (χ2n) is 7.04. The molecule has 5 heteroatoms. The summed E-state index contributed by atoms with van der Waals surface area (Å²) in [5.41, 5.74) is -0.475. The fourth-order valence-corrected chi connectivity index (χ4v) is 2.65. The van der Waals surface area contributed by atoms with Crippen molar-refractivity contribution in [1.29, 1.82) is 0 Å². The molecule has 0 aromatic heterocycles. The summed E-state index contributed by atoms with van der Waals surface area (Å²) in [7, 11) is 0. The molecule has 0 N–H and O–H groups in total. The molecule has 22 heavy (non-hydrogen) atoms. The van der Waals surface area contributed by atoms with Gasteiger partial charge in [-0.1, -0.05) is 26.7 Å². The number of unbranched alkanes of at least 4 members (excludes halogenated alkanes) is 1. The number of ether oxygens (including phenoxy) is 1. The first kappa shape index (κ1) is 18.8. The van der Waals surface area contributed by atoms with E-state index >= 15 is 0 Å². The number of hydrogen-bond acceptors (Lipinski definition) is 3. The van der Waals surface area contributed by atoms with Crippen molar-refractivity contribution in [2.45, 2.75) is 65.9 Å². The quantitative estimate of drug-likeness (QED) is 0.783. The Morgan fingerprint density at radius 2 is 1.59 bits per heavy atom. The van der Waals surface area contributed by atoms with Gasteiger partial charge in [-0.15, -0.1) is 0 Å². The number of carbonyl (C=O) groups is 2. The molecule has 0 bridgehead atoms. The Balaban J connectivity index is 2.47. The van der Waals surface area contributed by atoms with Gasteiger partial charge in [0.05, 0.1) is 0 Å². The zero-order chi connectivity index (χ0) is 16.8. The molecule has 0 saturated carbocycles. The van der Waals surface area contributed by atoms with Crippen LogP contribution in [0.2, 0.25) is 0 Å². The van der Waals surface area contributed by atoms with Crippen molar-refractivity contribution in [1.82, 2.24) is 9.80 Å². The molecule has 2 amide bonds. The summed E-state index contributed by atoms with van der Waals surface area (Å²) in [5, 5.41) is 0. The Morgan fingerprint density at radius 3 is 2.05 bits per heavy atom. The van der Waals surface area contributed by atoms with E-state index in [2.05, 4.69) is 13.8 Å². The summed E-state index contributed by atoms with van der Waals surface area (Å²) in [6.07, 6.45) is 3.80. The molecule has 128 valence electrons. The first-order valence-corrected chi connectivity index (χ1v) is 8.55. The summed E-state index contributed by atoms with van der Waals surface area (Å²) in [5.74, 6) is 0.382. The number of nitrogens with zero attached hydrogens (tertiary/aromatic N) is 2. The lowest BCUT2D eigenvalue weighted by atomic mass is 9.97. The van der Waals surface area contributed by atoms with Crippen molar-refractivity contribution in [3.63, 3.8) is 0 Å². The van der Waals surface area contributed by atoms with Crippen LogP contribution in [0.4, 0.5) is 4.79 Å². The molecule has 5 nitrogen and oxygen atoms in total. The van der Waals surface area contributed by atoms with Crippen molar-refractivity contribution >= 4 is 12.0 Å². The van der Waals surface area contributed by atoms with E-state index in [0.717, 1.165) is 25.7 Å². The summed E-state index contributed by atoms with van der Waals surface area (Å²) < 4.78 is 5.38. The average Bonchev–Trinajstić information content (AvgIpc) is 2.46. The third-order valence-electron chi connectivity index (χ3n) is 3.99. The van der Waals surface area contributed by atoms with Crippen molar-refractivity contribution in [3.05, 3.63) is 0 Å². The van der Waals surface area contributed by atoms with Crippen LogP contribution in [0.1, 0.15) is 60.3 Å². The van der Waals surface area contributed by atoms with Crippen LogP contribution in [0.15, 0.2) is 0 Å². The zero-order valence-electron chi connectivity index (χ0n) is 14.9. The van der Waals surface area contributed by atoms with Crippen LogP contribution in [0, 0.1) is 5.92 Å². The van der Waals surface area contributed by atoms with Gasteiger partial charge in [0.1, 0.15) is 5.60 Å². The second-order valence-corrected chi connectivity index (χ2v) is 7.04. The molecular formula is C17H32N2O3. The Kier molecular flexibility index (Phi) is 7.17. The summed E-state index contributed by atoms with van der Waals surface area (Å²) in [4.78, 5) is 28.2. The standard InChI is InChI=1S/C17H32N2O3/c1-6-8-9-14(7-2)15(20)18-10-12-19(13-11-18)16(21)22-17(3,4)5/h14H,6-13H2,1-5H3. The SMILES string of the molecule is CCCCC(CC)C(=O)N1CCN(C(=O)OC(C)(C)C)CC1. The Labute approximate surface area is 135 Å². The maximum absolute atomic E-state index is 12.5. The minimum Gasteiger partial charge on any atom is -0.444 e. The number of amides is 2. The van der Waals surface area contributed by atoms with Gasteiger partial charge >= 0.3 is 6.09 Å². The number of piperazine rings is 1. The first-order valence-electron chi connectivity index (χ1n) is 8.55. The molecule has 0 aromatic carbocycles. The third-order valence-corrected chi connectivity index (χ3v) is 3.99. The van der Waals surface area contributed by atoms with Crippen molar-refractivity contribution < 1.29 is 14.3 Å². The van der Waals surface area contributed by atoms with Crippen LogP contribution in [-0.4, -0.2) is 53.6 Å². The molecule has 1 saturated heterocycles. The van der Waals surface area contributed by atoms with E-state index in [0.29, 0.717) is 26.2 Å². The lowest BCUT2D eigenvalue weighted by Gasteiger charge is -2.37. The topological polar surface area (TPSA) is 49.9 Å². The fraction of sp³-hybridized carbons (Fsp3) is 0.882. The van der Waals surface area contributed by atoms with Gasteiger partial charge in [0.2, 0.25) is 5.91 Å². The molecule has 1 heterocycles.